The summed E-state index contributed by atoms with van der Waals surface area (Å²) >= 11 is 6.85. The summed E-state index contributed by atoms with van der Waals surface area (Å²) in [5, 5.41) is 5.30. The third-order valence-electron chi connectivity index (χ3n) is 3.37. The highest BCUT2D eigenvalue weighted by molar-refractivity contribution is 9.13. The van der Waals surface area contributed by atoms with Crippen LogP contribution in [-0.4, -0.2) is 34.9 Å². The van der Waals surface area contributed by atoms with Crippen LogP contribution in [0.2, 0.25) is 0 Å². The van der Waals surface area contributed by atoms with Gasteiger partial charge < -0.3 is 15.6 Å². The van der Waals surface area contributed by atoms with Gasteiger partial charge in [-0.1, -0.05) is 0 Å². The van der Waals surface area contributed by atoms with Crippen LogP contribution < -0.4 is 16.4 Å². The van der Waals surface area contributed by atoms with Gasteiger partial charge >= 0.3 is 0 Å². The van der Waals surface area contributed by atoms with E-state index in [1.54, 1.807) is 6.07 Å². The fourth-order valence-corrected chi connectivity index (χ4v) is 3.47. The Bertz CT molecular complexity index is 639. The van der Waals surface area contributed by atoms with Gasteiger partial charge in [0.05, 0.1) is 15.1 Å². The minimum Gasteiger partial charge on any atom is -0.370 e. The van der Waals surface area contributed by atoms with Gasteiger partial charge in [-0.2, -0.15) is 0 Å². The summed E-state index contributed by atoms with van der Waals surface area (Å²) in [5.74, 6) is -0.192. The second-order valence-electron chi connectivity index (χ2n) is 4.66. The van der Waals surface area contributed by atoms with Gasteiger partial charge in [0.1, 0.15) is 11.7 Å². The van der Waals surface area contributed by atoms with Gasteiger partial charge in [-0.3, -0.25) is 14.9 Å². The van der Waals surface area contributed by atoms with E-state index in [9.17, 15) is 9.59 Å². The van der Waals surface area contributed by atoms with Crippen molar-refractivity contribution in [1.29, 1.82) is 0 Å². The van der Waals surface area contributed by atoms with Crippen LogP contribution in [0.3, 0.4) is 0 Å². The third-order valence-corrected chi connectivity index (χ3v) is 5.32. The zero-order valence-electron chi connectivity index (χ0n) is 10.2. The number of nitrogens with two attached hydrogens (primary N) is 1. The molecule has 0 saturated heterocycles. The maximum absolute atomic E-state index is 11.8. The zero-order valence-corrected chi connectivity index (χ0v) is 13.4. The third kappa shape index (κ3) is 2.14. The molecule has 0 bridgehead atoms. The molecular formula is C11H11Br2N5O2. The Hall–Kier alpha value is -1.35. The van der Waals surface area contributed by atoms with E-state index in [0.717, 1.165) is 9.08 Å². The van der Waals surface area contributed by atoms with E-state index in [4.69, 9.17) is 5.73 Å². The lowest BCUT2D eigenvalue weighted by Gasteiger charge is -2.28. The van der Waals surface area contributed by atoms with Crippen molar-refractivity contribution in [2.75, 3.05) is 6.54 Å². The Morgan fingerprint density at radius 2 is 2.20 bits per heavy atom. The molecule has 2 amide bonds. The Labute approximate surface area is 131 Å². The quantitative estimate of drug-likeness (QED) is 0.668. The number of aliphatic imine (C=N–C) groups is 1. The number of guanidine groups is 1. The number of rotatable bonds is 2. The number of hydrogen-bond acceptors (Lipinski definition) is 4. The van der Waals surface area contributed by atoms with Crippen molar-refractivity contribution < 1.29 is 9.59 Å². The van der Waals surface area contributed by atoms with E-state index in [0.29, 0.717) is 18.7 Å². The summed E-state index contributed by atoms with van der Waals surface area (Å²) < 4.78 is 3.45. The van der Waals surface area contributed by atoms with Gasteiger partial charge in [0.15, 0.2) is 5.96 Å². The number of nitrogens with zero attached hydrogens (tertiary/aromatic N) is 2. The molecule has 2 atom stereocenters. The molecule has 4 N–H and O–H groups in total. The molecular weight excluding hydrogens is 394 g/mol. The molecule has 0 saturated carbocycles. The molecule has 1 aromatic rings. The zero-order chi connectivity index (χ0) is 14.4. The maximum Gasteiger partial charge on any atom is 0.268 e. The molecule has 2 aliphatic rings. The number of carbonyl (C=O) groups is 2. The average Bonchev–Trinajstić information content (AvgIpc) is 2.86. The first-order valence-electron chi connectivity index (χ1n) is 5.96. The molecule has 20 heavy (non-hydrogen) atoms. The average molecular weight is 405 g/mol. The Morgan fingerprint density at radius 3 is 2.85 bits per heavy atom. The van der Waals surface area contributed by atoms with Crippen molar-refractivity contribution in [2.45, 2.75) is 18.5 Å². The van der Waals surface area contributed by atoms with Crippen LogP contribution in [0.5, 0.6) is 0 Å². The van der Waals surface area contributed by atoms with Crippen LogP contribution in [0.15, 0.2) is 20.1 Å². The number of hydrogen-bond donors (Lipinski definition) is 3. The fraction of sp³-hybridized carbons (Fsp3) is 0.364. The lowest BCUT2D eigenvalue weighted by atomic mass is 10.1. The molecule has 106 valence electrons. The van der Waals surface area contributed by atoms with Gasteiger partial charge in [-0.15, -0.1) is 0 Å². The van der Waals surface area contributed by atoms with Crippen LogP contribution in [0.1, 0.15) is 23.0 Å². The van der Waals surface area contributed by atoms with Crippen molar-refractivity contribution in [3.63, 3.8) is 0 Å². The van der Waals surface area contributed by atoms with Crippen LogP contribution in [0.25, 0.3) is 0 Å². The van der Waals surface area contributed by atoms with Gasteiger partial charge in [0, 0.05) is 13.0 Å². The molecule has 0 fully saturated rings. The monoisotopic (exact) mass is 403 g/mol. The van der Waals surface area contributed by atoms with Crippen LogP contribution in [0, 0.1) is 0 Å². The summed E-state index contributed by atoms with van der Waals surface area (Å²) in [7, 11) is 0. The predicted octanol–water partition coefficient (Wildman–Crippen LogP) is 0.501. The minimum absolute atomic E-state index is 0.0613. The molecule has 0 aromatic carbocycles. The number of amides is 2. The largest absolute Gasteiger partial charge is 0.370 e. The van der Waals surface area contributed by atoms with E-state index < -0.39 is 6.04 Å². The molecule has 0 spiro atoms. The Morgan fingerprint density at radius 1 is 1.45 bits per heavy atom. The maximum atomic E-state index is 11.8. The molecule has 0 radical (unpaired) electrons. The van der Waals surface area contributed by atoms with Crippen LogP contribution in [-0.2, 0) is 4.79 Å². The second-order valence-corrected chi connectivity index (χ2v) is 6.26. The lowest BCUT2D eigenvalue weighted by Crippen LogP contribution is -2.41. The molecule has 3 rings (SSSR count). The van der Waals surface area contributed by atoms with Crippen molar-refractivity contribution in [3.05, 3.63) is 20.8 Å². The predicted molar refractivity (Wildman–Crippen MR) is 79.4 cm³/mol. The van der Waals surface area contributed by atoms with E-state index in [1.165, 1.54) is 0 Å². The van der Waals surface area contributed by atoms with Gasteiger partial charge in [0.25, 0.3) is 11.8 Å². The number of carbonyl (C=O) groups excluding carboxylic acids is 2. The van der Waals surface area contributed by atoms with Crippen molar-refractivity contribution in [2.24, 2.45) is 10.7 Å². The molecule has 0 aliphatic carbocycles. The van der Waals surface area contributed by atoms with E-state index in [2.05, 4.69) is 47.5 Å². The summed E-state index contributed by atoms with van der Waals surface area (Å²) in [6.45, 7) is 0.449. The summed E-state index contributed by atoms with van der Waals surface area (Å²) in [6.07, 6.45) is 0.472. The molecule has 3 heterocycles. The number of nitrogens with one attached hydrogen (secondary N) is 2. The van der Waals surface area contributed by atoms with E-state index in [1.807, 2.05) is 4.57 Å². The highest BCUT2D eigenvalue weighted by atomic mass is 79.9. The highest BCUT2D eigenvalue weighted by Crippen LogP contribution is 2.34. The topological polar surface area (TPSA) is 102 Å². The lowest BCUT2D eigenvalue weighted by molar-refractivity contribution is -0.120. The number of aromatic nitrogens is 1. The summed E-state index contributed by atoms with van der Waals surface area (Å²) in [4.78, 5) is 27.6. The van der Waals surface area contributed by atoms with Crippen molar-refractivity contribution >= 4 is 49.6 Å². The van der Waals surface area contributed by atoms with E-state index >= 15 is 0 Å². The Balaban J connectivity index is 1.91. The molecule has 1 aromatic heterocycles. The smallest absolute Gasteiger partial charge is 0.268 e. The van der Waals surface area contributed by atoms with Crippen molar-refractivity contribution in [3.8, 4) is 0 Å². The van der Waals surface area contributed by atoms with Gasteiger partial charge in [-0.25, -0.2) is 4.99 Å². The van der Waals surface area contributed by atoms with E-state index in [-0.39, 0.29) is 23.8 Å². The van der Waals surface area contributed by atoms with Gasteiger partial charge in [0.2, 0.25) is 0 Å². The minimum atomic E-state index is -0.518. The molecule has 7 nitrogen and oxygen atoms in total. The number of fused-ring (bicyclic) bond motifs is 1. The standard InChI is InChI=1S/C11H11Br2N5O2/c12-5-2-7-10(20)15-3-4(18(7)8(5)13)1-6-9(19)17-11(14)16-6/h2,4,6H,1,3H2,(H,15,20)(H3,14,16,17,19)/t4-,6-/m1/s1. The first-order chi connectivity index (χ1) is 9.47. The first-order valence-corrected chi connectivity index (χ1v) is 7.54. The Kier molecular flexibility index (Phi) is 3.33. The number of halogens is 2. The van der Waals surface area contributed by atoms with Crippen LogP contribution >= 0.6 is 31.9 Å². The molecule has 9 heteroatoms. The second kappa shape index (κ2) is 4.88. The highest BCUT2D eigenvalue weighted by Gasteiger charge is 2.34. The summed E-state index contributed by atoms with van der Waals surface area (Å²) in [6, 6.07) is 1.17. The molecule has 2 aliphatic heterocycles. The first kappa shape index (κ1) is 13.6. The van der Waals surface area contributed by atoms with Gasteiger partial charge in [-0.05, 0) is 37.9 Å². The summed E-state index contributed by atoms with van der Waals surface area (Å²) in [5.41, 5.74) is 6.05. The fourth-order valence-electron chi connectivity index (χ4n) is 2.47. The normalized spacial score (nSPS) is 25.0. The molecule has 0 unspecified atom stereocenters. The van der Waals surface area contributed by atoms with Crippen molar-refractivity contribution in [1.82, 2.24) is 15.2 Å². The SMILES string of the molecule is NC1=N[C@H](C[C@@H]2CNC(=O)c3cc(Br)c(Br)n32)C(=O)N1. The van der Waals surface area contributed by atoms with Crippen LogP contribution in [0.4, 0.5) is 0 Å².